The van der Waals surface area contributed by atoms with Crippen LogP contribution < -0.4 is 5.32 Å². The molecule has 1 fully saturated rings. The van der Waals surface area contributed by atoms with Gasteiger partial charge in [-0.25, -0.2) is 18.4 Å². The fraction of sp³-hybridized carbons (Fsp3) is 0.533. The predicted molar refractivity (Wildman–Crippen MR) is 85.1 cm³/mol. The Morgan fingerprint density at radius 3 is 2.96 bits per heavy atom. The SMILES string of the molecule is COCCNC(=O)c1cn(C[C@@H]2CC(F)(F)CN2C(=O)c2cocn2)nn1. The van der Waals surface area contributed by atoms with E-state index in [0.717, 1.165) is 17.6 Å². The van der Waals surface area contributed by atoms with Crippen molar-refractivity contribution < 1.29 is 27.5 Å². The Hall–Kier alpha value is -2.89. The quantitative estimate of drug-likeness (QED) is 0.678. The Morgan fingerprint density at radius 2 is 2.26 bits per heavy atom. The lowest BCUT2D eigenvalue weighted by atomic mass is 10.2. The number of halogens is 2. The van der Waals surface area contributed by atoms with Crippen molar-refractivity contribution >= 4 is 11.8 Å². The molecule has 12 heteroatoms. The number of nitrogens with zero attached hydrogens (tertiary/aromatic N) is 5. The molecule has 2 aromatic heterocycles. The van der Waals surface area contributed by atoms with Crippen LogP contribution >= 0.6 is 0 Å². The molecule has 10 nitrogen and oxygen atoms in total. The average Bonchev–Trinajstić information content (AvgIpc) is 3.35. The van der Waals surface area contributed by atoms with Crippen LogP contribution in [0.25, 0.3) is 0 Å². The van der Waals surface area contributed by atoms with Gasteiger partial charge in [0.05, 0.1) is 31.9 Å². The molecule has 0 spiro atoms. The second-order valence-corrected chi connectivity index (χ2v) is 6.10. The molecule has 0 unspecified atom stereocenters. The number of aromatic nitrogens is 4. The van der Waals surface area contributed by atoms with Gasteiger partial charge in [0.15, 0.2) is 17.8 Å². The van der Waals surface area contributed by atoms with Gasteiger partial charge < -0.3 is 19.4 Å². The first-order valence-electron chi connectivity index (χ1n) is 8.14. The van der Waals surface area contributed by atoms with E-state index < -0.39 is 36.7 Å². The number of likely N-dealkylation sites (tertiary alicyclic amines) is 1. The van der Waals surface area contributed by atoms with E-state index in [-0.39, 0.29) is 17.9 Å². The van der Waals surface area contributed by atoms with E-state index in [9.17, 15) is 18.4 Å². The molecular formula is C15H18F2N6O4. The molecule has 1 N–H and O–H groups in total. The van der Waals surface area contributed by atoms with E-state index in [0.29, 0.717) is 13.2 Å². The van der Waals surface area contributed by atoms with Crippen LogP contribution in [0.3, 0.4) is 0 Å². The highest BCUT2D eigenvalue weighted by Gasteiger charge is 2.47. The zero-order valence-electron chi connectivity index (χ0n) is 14.5. The predicted octanol–water partition coefficient (Wildman–Crippen LogP) is 0.192. The summed E-state index contributed by atoms with van der Waals surface area (Å²) < 4.78 is 38.6. The maximum absolute atomic E-state index is 13.9. The summed E-state index contributed by atoms with van der Waals surface area (Å²) in [6, 6.07) is -0.824. The van der Waals surface area contributed by atoms with Crippen LogP contribution in [0.2, 0.25) is 0 Å². The minimum absolute atomic E-state index is 0.0302. The molecule has 0 radical (unpaired) electrons. The van der Waals surface area contributed by atoms with E-state index in [4.69, 9.17) is 9.15 Å². The number of ether oxygens (including phenoxy) is 1. The topological polar surface area (TPSA) is 115 Å². The molecule has 1 aliphatic rings. The molecule has 3 rings (SSSR count). The Balaban J connectivity index is 1.68. The third-order valence-electron chi connectivity index (χ3n) is 4.05. The zero-order valence-corrected chi connectivity index (χ0v) is 14.5. The van der Waals surface area contributed by atoms with Gasteiger partial charge in [0.25, 0.3) is 17.7 Å². The molecule has 0 aromatic carbocycles. The number of methoxy groups -OCH3 is 1. The summed E-state index contributed by atoms with van der Waals surface area (Å²) in [6.45, 7) is -0.104. The van der Waals surface area contributed by atoms with Gasteiger partial charge in [-0.3, -0.25) is 9.59 Å². The van der Waals surface area contributed by atoms with Crippen LogP contribution in [0.4, 0.5) is 8.78 Å². The number of rotatable bonds is 7. The fourth-order valence-corrected chi connectivity index (χ4v) is 2.83. The molecule has 27 heavy (non-hydrogen) atoms. The van der Waals surface area contributed by atoms with E-state index in [1.54, 1.807) is 0 Å². The second kappa shape index (κ2) is 7.78. The van der Waals surface area contributed by atoms with Crippen LogP contribution in [0, 0.1) is 0 Å². The zero-order chi connectivity index (χ0) is 19.4. The summed E-state index contributed by atoms with van der Waals surface area (Å²) in [4.78, 5) is 29.1. The maximum Gasteiger partial charge on any atom is 0.276 e. The van der Waals surface area contributed by atoms with Crippen LogP contribution in [-0.2, 0) is 11.3 Å². The van der Waals surface area contributed by atoms with E-state index in [1.807, 2.05) is 0 Å². The normalized spacial score (nSPS) is 18.6. The smallest absolute Gasteiger partial charge is 0.276 e. The molecule has 1 atom stereocenters. The first-order valence-corrected chi connectivity index (χ1v) is 8.14. The minimum Gasteiger partial charge on any atom is -0.451 e. The van der Waals surface area contributed by atoms with Crippen molar-refractivity contribution in [1.82, 2.24) is 30.2 Å². The number of carbonyl (C=O) groups excluding carboxylic acids is 2. The lowest BCUT2D eigenvalue weighted by molar-refractivity contribution is 0.0116. The van der Waals surface area contributed by atoms with Crippen molar-refractivity contribution in [1.29, 1.82) is 0 Å². The van der Waals surface area contributed by atoms with Crippen molar-refractivity contribution in [3.05, 3.63) is 30.2 Å². The summed E-state index contributed by atoms with van der Waals surface area (Å²) >= 11 is 0. The lowest BCUT2D eigenvalue weighted by Crippen LogP contribution is -2.39. The van der Waals surface area contributed by atoms with Gasteiger partial charge in [-0.05, 0) is 0 Å². The van der Waals surface area contributed by atoms with Gasteiger partial charge in [-0.1, -0.05) is 5.21 Å². The minimum atomic E-state index is -3.02. The maximum atomic E-state index is 13.9. The number of carbonyl (C=O) groups is 2. The molecule has 2 aromatic rings. The second-order valence-electron chi connectivity index (χ2n) is 6.10. The van der Waals surface area contributed by atoms with Crippen LogP contribution in [-0.4, -0.2) is 75.5 Å². The Morgan fingerprint density at radius 1 is 1.44 bits per heavy atom. The lowest BCUT2D eigenvalue weighted by Gasteiger charge is -2.22. The van der Waals surface area contributed by atoms with Crippen molar-refractivity contribution in [3.8, 4) is 0 Å². The van der Waals surface area contributed by atoms with E-state index in [1.165, 1.54) is 18.0 Å². The number of hydrogen-bond donors (Lipinski definition) is 1. The molecule has 1 aliphatic heterocycles. The third-order valence-corrected chi connectivity index (χ3v) is 4.05. The van der Waals surface area contributed by atoms with Crippen LogP contribution in [0.5, 0.6) is 0 Å². The Labute approximate surface area is 152 Å². The van der Waals surface area contributed by atoms with Crippen LogP contribution in [0.15, 0.2) is 23.3 Å². The van der Waals surface area contributed by atoms with Crippen LogP contribution in [0.1, 0.15) is 27.4 Å². The van der Waals surface area contributed by atoms with Crippen molar-refractivity contribution in [2.45, 2.75) is 24.9 Å². The molecule has 0 bridgehead atoms. The highest BCUT2D eigenvalue weighted by atomic mass is 19.3. The highest BCUT2D eigenvalue weighted by molar-refractivity contribution is 5.92. The van der Waals surface area contributed by atoms with Gasteiger partial charge in [-0.2, -0.15) is 0 Å². The van der Waals surface area contributed by atoms with Gasteiger partial charge in [0.2, 0.25) is 0 Å². The summed E-state index contributed by atoms with van der Waals surface area (Å²) in [5, 5.41) is 10.1. The molecule has 1 saturated heterocycles. The standard InChI is InChI=1S/C15H18F2N6O4/c1-26-3-2-18-13(24)11-6-22(21-20-11)5-10-4-15(16,17)8-23(10)14(25)12-7-27-9-19-12/h6-7,9-10H,2-5,8H2,1H3,(H,18,24)/t10-/m0/s1. The summed E-state index contributed by atoms with van der Waals surface area (Å²) in [5.41, 5.74) is -0.000242. The Bertz CT molecular complexity index is 794. The molecule has 2 amide bonds. The molecule has 3 heterocycles. The highest BCUT2D eigenvalue weighted by Crippen LogP contribution is 2.33. The van der Waals surface area contributed by atoms with E-state index >= 15 is 0 Å². The number of nitrogens with one attached hydrogen (secondary N) is 1. The number of oxazole rings is 1. The molecule has 0 saturated carbocycles. The summed E-state index contributed by atoms with van der Waals surface area (Å²) in [7, 11) is 1.51. The molecule has 0 aliphatic carbocycles. The monoisotopic (exact) mass is 384 g/mol. The Kier molecular flexibility index (Phi) is 5.44. The largest absolute Gasteiger partial charge is 0.451 e. The third kappa shape index (κ3) is 4.45. The van der Waals surface area contributed by atoms with Crippen molar-refractivity contribution in [3.63, 3.8) is 0 Å². The number of amides is 2. The van der Waals surface area contributed by atoms with E-state index in [2.05, 4.69) is 20.6 Å². The van der Waals surface area contributed by atoms with Crippen molar-refractivity contribution in [2.75, 3.05) is 26.8 Å². The first-order chi connectivity index (χ1) is 12.9. The summed E-state index contributed by atoms with van der Waals surface area (Å²) in [6.07, 6.45) is 2.99. The van der Waals surface area contributed by atoms with Gasteiger partial charge in [-0.15, -0.1) is 5.10 Å². The molecular weight excluding hydrogens is 366 g/mol. The molecule has 146 valence electrons. The van der Waals surface area contributed by atoms with Gasteiger partial charge in [0.1, 0.15) is 6.26 Å². The fourth-order valence-electron chi connectivity index (χ4n) is 2.83. The number of alkyl halides is 2. The van der Waals surface area contributed by atoms with Crippen molar-refractivity contribution in [2.24, 2.45) is 0 Å². The van der Waals surface area contributed by atoms with Gasteiger partial charge >= 0.3 is 0 Å². The number of hydrogen-bond acceptors (Lipinski definition) is 7. The first kappa shape index (κ1) is 18.9. The van der Waals surface area contributed by atoms with Gasteiger partial charge in [0, 0.05) is 20.1 Å². The average molecular weight is 384 g/mol. The summed E-state index contributed by atoms with van der Waals surface area (Å²) in [5.74, 6) is -4.13.